The first-order chi connectivity index (χ1) is 6.95. The Kier molecular flexibility index (Phi) is 1.63. The van der Waals surface area contributed by atoms with Crippen LogP contribution in [0.2, 0.25) is 0 Å². The van der Waals surface area contributed by atoms with Gasteiger partial charge in [-0.1, -0.05) is 36.4 Å². The molecule has 0 unspecified atom stereocenters. The molecule has 1 aliphatic carbocycles. The van der Waals surface area contributed by atoms with Crippen LogP contribution >= 0.6 is 0 Å². The summed E-state index contributed by atoms with van der Waals surface area (Å²) in [6.07, 6.45) is 8.43. The minimum Gasteiger partial charge on any atom is -0.260 e. The van der Waals surface area contributed by atoms with Gasteiger partial charge in [-0.3, -0.25) is 4.98 Å². The topological polar surface area (TPSA) is 12.9 Å². The van der Waals surface area contributed by atoms with Crippen molar-refractivity contribution >= 4 is 10.8 Å². The van der Waals surface area contributed by atoms with Crippen molar-refractivity contribution in [2.24, 2.45) is 0 Å². The molecule has 1 nitrogen and oxygen atoms in total. The van der Waals surface area contributed by atoms with E-state index in [1.54, 1.807) is 0 Å². The minimum absolute atomic E-state index is 0.986. The molecular weight excluding hydrogens is 170 g/mol. The standard InChI is InChI=1S/C13H11N/c1-2-6-11-10(5-1)9-14-13-8-4-3-7-12(11)13/h1-6,9H,7-8H2. The first-order valence-electron chi connectivity index (χ1n) is 4.95. The number of hydrogen-bond acceptors (Lipinski definition) is 1. The van der Waals surface area contributed by atoms with Crippen LogP contribution in [-0.4, -0.2) is 4.98 Å². The second-order valence-corrected chi connectivity index (χ2v) is 3.65. The summed E-state index contributed by atoms with van der Waals surface area (Å²) in [6.45, 7) is 0. The van der Waals surface area contributed by atoms with Crippen molar-refractivity contribution in [1.29, 1.82) is 0 Å². The fraction of sp³-hybridized carbons (Fsp3) is 0.154. The molecule has 0 spiro atoms. The number of allylic oxidation sites excluding steroid dienone is 2. The van der Waals surface area contributed by atoms with E-state index in [9.17, 15) is 0 Å². The van der Waals surface area contributed by atoms with Crippen molar-refractivity contribution in [3.63, 3.8) is 0 Å². The van der Waals surface area contributed by atoms with E-state index in [0.717, 1.165) is 12.8 Å². The van der Waals surface area contributed by atoms with Crippen molar-refractivity contribution in [3.8, 4) is 0 Å². The van der Waals surface area contributed by atoms with Crippen molar-refractivity contribution in [2.75, 3.05) is 0 Å². The van der Waals surface area contributed by atoms with Crippen LogP contribution in [0.3, 0.4) is 0 Å². The second kappa shape index (κ2) is 2.95. The Bertz CT molecular complexity index is 512. The molecule has 0 N–H and O–H groups in total. The van der Waals surface area contributed by atoms with Crippen molar-refractivity contribution in [1.82, 2.24) is 4.98 Å². The highest BCUT2D eigenvalue weighted by molar-refractivity contribution is 5.85. The predicted octanol–water partition coefficient (Wildman–Crippen LogP) is 2.89. The molecule has 2 aromatic rings. The summed E-state index contributed by atoms with van der Waals surface area (Å²) in [4.78, 5) is 4.50. The van der Waals surface area contributed by atoms with Crippen LogP contribution in [-0.2, 0) is 12.8 Å². The van der Waals surface area contributed by atoms with Gasteiger partial charge >= 0.3 is 0 Å². The van der Waals surface area contributed by atoms with E-state index in [4.69, 9.17) is 0 Å². The molecule has 0 fully saturated rings. The average molecular weight is 181 g/mol. The highest BCUT2D eigenvalue weighted by Crippen LogP contribution is 2.24. The summed E-state index contributed by atoms with van der Waals surface area (Å²) in [6, 6.07) is 8.48. The largest absolute Gasteiger partial charge is 0.260 e. The maximum absolute atomic E-state index is 4.50. The van der Waals surface area contributed by atoms with E-state index in [1.165, 1.54) is 22.0 Å². The van der Waals surface area contributed by atoms with Gasteiger partial charge in [0.25, 0.3) is 0 Å². The Morgan fingerprint density at radius 1 is 1.00 bits per heavy atom. The van der Waals surface area contributed by atoms with Crippen LogP contribution in [0.5, 0.6) is 0 Å². The van der Waals surface area contributed by atoms with Gasteiger partial charge in [0.05, 0.1) is 0 Å². The summed E-state index contributed by atoms with van der Waals surface area (Å²) in [7, 11) is 0. The summed E-state index contributed by atoms with van der Waals surface area (Å²) >= 11 is 0. The number of pyridine rings is 1. The van der Waals surface area contributed by atoms with E-state index in [1.807, 2.05) is 6.20 Å². The molecule has 3 rings (SSSR count). The molecule has 1 heterocycles. The molecule has 0 amide bonds. The van der Waals surface area contributed by atoms with Gasteiger partial charge in [0, 0.05) is 23.7 Å². The highest BCUT2D eigenvalue weighted by atomic mass is 14.7. The van der Waals surface area contributed by atoms with Crippen LogP contribution in [0.4, 0.5) is 0 Å². The van der Waals surface area contributed by atoms with Gasteiger partial charge in [-0.05, 0) is 17.4 Å². The molecule has 0 bridgehead atoms. The summed E-state index contributed by atoms with van der Waals surface area (Å²) in [5.41, 5.74) is 2.65. The molecule has 0 aliphatic heterocycles. The van der Waals surface area contributed by atoms with Crippen LogP contribution in [0.1, 0.15) is 11.3 Å². The van der Waals surface area contributed by atoms with E-state index in [-0.39, 0.29) is 0 Å². The molecule has 0 radical (unpaired) electrons. The van der Waals surface area contributed by atoms with Crippen LogP contribution in [0.15, 0.2) is 42.6 Å². The second-order valence-electron chi connectivity index (χ2n) is 3.65. The zero-order valence-corrected chi connectivity index (χ0v) is 7.90. The molecule has 1 aliphatic rings. The van der Waals surface area contributed by atoms with Gasteiger partial charge in [0.15, 0.2) is 0 Å². The Morgan fingerprint density at radius 3 is 2.86 bits per heavy atom. The zero-order chi connectivity index (χ0) is 9.38. The molecule has 1 heteroatoms. The SMILES string of the molecule is C1=CCc2c(ncc3ccccc23)C1. The normalized spacial score (nSPS) is 14.3. The van der Waals surface area contributed by atoms with Gasteiger partial charge in [-0.15, -0.1) is 0 Å². The smallest absolute Gasteiger partial charge is 0.0482 e. The van der Waals surface area contributed by atoms with Crippen molar-refractivity contribution in [3.05, 3.63) is 53.9 Å². The maximum atomic E-state index is 4.50. The third-order valence-corrected chi connectivity index (χ3v) is 2.79. The predicted molar refractivity (Wildman–Crippen MR) is 58.3 cm³/mol. The maximum Gasteiger partial charge on any atom is 0.0482 e. The monoisotopic (exact) mass is 181 g/mol. The highest BCUT2D eigenvalue weighted by Gasteiger charge is 2.09. The Hall–Kier alpha value is -1.63. The molecule has 1 aromatic carbocycles. The van der Waals surface area contributed by atoms with Crippen LogP contribution in [0, 0.1) is 0 Å². The van der Waals surface area contributed by atoms with E-state index in [0.29, 0.717) is 0 Å². The molecule has 0 atom stereocenters. The number of fused-ring (bicyclic) bond motifs is 3. The molecule has 1 aromatic heterocycles. The third-order valence-electron chi connectivity index (χ3n) is 2.79. The average Bonchev–Trinajstić information content (AvgIpc) is 2.29. The number of benzene rings is 1. The lowest BCUT2D eigenvalue weighted by molar-refractivity contribution is 1.02. The Labute approximate surface area is 83.1 Å². The summed E-state index contributed by atoms with van der Waals surface area (Å²) in [5.74, 6) is 0. The number of hydrogen-bond donors (Lipinski definition) is 0. The Morgan fingerprint density at radius 2 is 1.86 bits per heavy atom. The van der Waals surface area contributed by atoms with Crippen molar-refractivity contribution in [2.45, 2.75) is 12.8 Å². The first kappa shape index (κ1) is 7.74. The molecular formula is C13H11N. The van der Waals surface area contributed by atoms with Crippen LogP contribution in [0.25, 0.3) is 10.8 Å². The molecule has 14 heavy (non-hydrogen) atoms. The van der Waals surface area contributed by atoms with Gasteiger partial charge < -0.3 is 0 Å². The lowest BCUT2D eigenvalue weighted by atomic mass is 9.96. The van der Waals surface area contributed by atoms with Crippen molar-refractivity contribution < 1.29 is 0 Å². The van der Waals surface area contributed by atoms with Gasteiger partial charge in [-0.25, -0.2) is 0 Å². The lowest BCUT2D eigenvalue weighted by Gasteiger charge is -2.12. The van der Waals surface area contributed by atoms with E-state index < -0.39 is 0 Å². The molecule has 0 saturated heterocycles. The van der Waals surface area contributed by atoms with Gasteiger partial charge in [-0.2, -0.15) is 0 Å². The zero-order valence-electron chi connectivity index (χ0n) is 7.90. The van der Waals surface area contributed by atoms with Gasteiger partial charge in [0.2, 0.25) is 0 Å². The Balaban J connectivity index is 2.37. The number of aromatic nitrogens is 1. The fourth-order valence-electron chi connectivity index (χ4n) is 2.07. The molecule has 0 saturated carbocycles. The van der Waals surface area contributed by atoms with E-state index in [2.05, 4.69) is 41.4 Å². The number of rotatable bonds is 0. The third kappa shape index (κ3) is 1.06. The first-order valence-corrected chi connectivity index (χ1v) is 4.95. The fourth-order valence-corrected chi connectivity index (χ4v) is 2.07. The lowest BCUT2D eigenvalue weighted by Crippen LogP contribution is -2.01. The minimum atomic E-state index is 0.986. The van der Waals surface area contributed by atoms with E-state index >= 15 is 0 Å². The van der Waals surface area contributed by atoms with Gasteiger partial charge in [0.1, 0.15) is 0 Å². The molecule has 68 valence electrons. The van der Waals surface area contributed by atoms with Crippen LogP contribution < -0.4 is 0 Å². The quantitative estimate of drug-likeness (QED) is 0.569. The number of nitrogens with zero attached hydrogens (tertiary/aromatic N) is 1. The summed E-state index contributed by atoms with van der Waals surface area (Å²) in [5, 5.41) is 2.61. The summed E-state index contributed by atoms with van der Waals surface area (Å²) < 4.78 is 0.